The van der Waals surface area contributed by atoms with Crippen LogP contribution in [0.3, 0.4) is 0 Å². The minimum absolute atomic E-state index is 0.0432. The Bertz CT molecular complexity index is 1360. The summed E-state index contributed by atoms with van der Waals surface area (Å²) in [7, 11) is 0. The van der Waals surface area contributed by atoms with E-state index >= 15 is 0 Å². The Balaban J connectivity index is 1.73. The van der Waals surface area contributed by atoms with Gasteiger partial charge in [0.1, 0.15) is 23.7 Å². The van der Waals surface area contributed by atoms with Crippen molar-refractivity contribution in [2.75, 3.05) is 0 Å². The Morgan fingerprint density at radius 3 is 2.21 bits per heavy atom. The van der Waals surface area contributed by atoms with Gasteiger partial charge in [0.25, 0.3) is 5.76 Å². The molecule has 1 heterocycles. The molecule has 8 heteroatoms. The quantitative estimate of drug-likeness (QED) is 0.273. The fourth-order valence-electron chi connectivity index (χ4n) is 3.38. The molecule has 0 aliphatic heterocycles. The van der Waals surface area contributed by atoms with Crippen LogP contribution in [0.15, 0.2) is 74.3 Å². The lowest BCUT2D eigenvalue weighted by Crippen LogP contribution is -2.15. The monoisotopic (exact) mass is 518 g/mol. The fraction of sp³-hybridized carbons (Fsp3) is 0.160. The van der Waals surface area contributed by atoms with Gasteiger partial charge < -0.3 is 13.9 Å². The first kappa shape index (κ1) is 22.9. The Kier molecular flexibility index (Phi) is 6.21. The summed E-state index contributed by atoms with van der Waals surface area (Å²) < 4.78 is 58.5. The molecule has 0 bridgehead atoms. The van der Waals surface area contributed by atoms with Gasteiger partial charge in [-0.05, 0) is 66.9 Å². The number of hydrogen-bond acceptors (Lipinski definition) is 4. The average molecular weight is 519 g/mol. The topological polar surface area (TPSA) is 48.7 Å². The van der Waals surface area contributed by atoms with E-state index in [1.165, 1.54) is 18.2 Å². The second-order valence-electron chi connectivity index (χ2n) is 7.59. The summed E-state index contributed by atoms with van der Waals surface area (Å²) in [6, 6.07) is 16.5. The molecule has 0 spiro atoms. The standard InChI is InChI=1S/C25H18BrF3O4/c1-14-9-15(2)11-19(10-14)32-23-22(30)20-8-7-18(12-21(20)33-24(23)25(27,28)29)31-13-16-3-5-17(26)6-4-16/h3-12H,13H2,1-2H3. The maximum Gasteiger partial charge on any atom is 0.453 e. The van der Waals surface area contributed by atoms with Crippen LogP contribution in [0.25, 0.3) is 11.0 Å². The van der Waals surface area contributed by atoms with Crippen LogP contribution >= 0.6 is 15.9 Å². The van der Waals surface area contributed by atoms with Gasteiger partial charge in [-0.1, -0.05) is 34.1 Å². The van der Waals surface area contributed by atoms with Gasteiger partial charge in [0, 0.05) is 10.5 Å². The molecule has 0 unspecified atom stereocenters. The van der Waals surface area contributed by atoms with Gasteiger partial charge in [-0.2, -0.15) is 13.2 Å². The first-order valence-corrected chi connectivity index (χ1v) is 10.7. The van der Waals surface area contributed by atoms with Crippen molar-refractivity contribution in [3.8, 4) is 17.2 Å². The largest absolute Gasteiger partial charge is 0.489 e. The second kappa shape index (κ2) is 8.94. The van der Waals surface area contributed by atoms with Crippen molar-refractivity contribution in [1.29, 1.82) is 0 Å². The third-order valence-corrected chi connectivity index (χ3v) is 5.34. The van der Waals surface area contributed by atoms with Crippen LogP contribution in [-0.2, 0) is 12.8 Å². The third kappa shape index (κ3) is 5.22. The van der Waals surface area contributed by atoms with Crippen LogP contribution < -0.4 is 14.9 Å². The lowest BCUT2D eigenvalue weighted by atomic mass is 10.1. The molecule has 3 aromatic carbocycles. The summed E-state index contributed by atoms with van der Waals surface area (Å²) in [4.78, 5) is 13.0. The van der Waals surface area contributed by atoms with Gasteiger partial charge in [0.2, 0.25) is 11.2 Å². The van der Waals surface area contributed by atoms with E-state index in [0.717, 1.165) is 21.2 Å². The molecule has 33 heavy (non-hydrogen) atoms. The number of rotatable bonds is 5. The van der Waals surface area contributed by atoms with Crippen molar-refractivity contribution in [1.82, 2.24) is 0 Å². The van der Waals surface area contributed by atoms with Crippen molar-refractivity contribution >= 4 is 26.9 Å². The van der Waals surface area contributed by atoms with Crippen LogP contribution in [0.5, 0.6) is 17.2 Å². The average Bonchev–Trinajstić information content (AvgIpc) is 2.73. The van der Waals surface area contributed by atoms with Crippen LogP contribution in [0, 0.1) is 13.8 Å². The molecule has 0 saturated heterocycles. The van der Waals surface area contributed by atoms with Gasteiger partial charge in [-0.15, -0.1) is 0 Å². The number of benzene rings is 3. The van der Waals surface area contributed by atoms with E-state index < -0.39 is 23.1 Å². The number of fused-ring (bicyclic) bond motifs is 1. The van der Waals surface area contributed by atoms with Gasteiger partial charge in [0.05, 0.1) is 5.39 Å². The summed E-state index contributed by atoms with van der Waals surface area (Å²) >= 11 is 3.35. The Labute approximate surface area is 195 Å². The molecular weight excluding hydrogens is 501 g/mol. The van der Waals surface area contributed by atoms with Crippen LogP contribution in [-0.4, -0.2) is 0 Å². The SMILES string of the molecule is Cc1cc(C)cc(Oc2c(C(F)(F)F)oc3cc(OCc4ccc(Br)cc4)ccc3c2=O)c1. The number of ether oxygens (including phenoxy) is 2. The summed E-state index contributed by atoms with van der Waals surface area (Å²) in [5.41, 5.74) is 1.29. The van der Waals surface area contributed by atoms with E-state index in [1.807, 2.05) is 30.3 Å². The number of alkyl halides is 3. The van der Waals surface area contributed by atoms with E-state index in [-0.39, 0.29) is 29.1 Å². The Morgan fingerprint density at radius 1 is 0.909 bits per heavy atom. The molecule has 4 aromatic rings. The highest BCUT2D eigenvalue weighted by Gasteiger charge is 2.40. The molecule has 0 amide bonds. The maximum atomic E-state index is 13.8. The fourth-order valence-corrected chi connectivity index (χ4v) is 3.65. The zero-order valence-electron chi connectivity index (χ0n) is 17.6. The van der Waals surface area contributed by atoms with Crippen LogP contribution in [0.4, 0.5) is 13.2 Å². The molecule has 0 radical (unpaired) electrons. The second-order valence-corrected chi connectivity index (χ2v) is 8.50. The maximum absolute atomic E-state index is 13.8. The molecule has 0 N–H and O–H groups in total. The van der Waals surface area contributed by atoms with Crippen molar-refractivity contribution in [2.45, 2.75) is 26.6 Å². The van der Waals surface area contributed by atoms with Crippen molar-refractivity contribution in [3.63, 3.8) is 0 Å². The summed E-state index contributed by atoms with van der Waals surface area (Å²) in [5.74, 6) is -2.00. The molecule has 0 fully saturated rings. The normalized spacial score (nSPS) is 11.6. The molecule has 1 aromatic heterocycles. The molecule has 0 atom stereocenters. The highest BCUT2D eigenvalue weighted by Crippen LogP contribution is 2.39. The zero-order chi connectivity index (χ0) is 23.8. The minimum atomic E-state index is -4.93. The van der Waals surface area contributed by atoms with Crippen molar-refractivity contribution in [2.24, 2.45) is 0 Å². The first-order valence-electron chi connectivity index (χ1n) is 9.91. The van der Waals surface area contributed by atoms with Gasteiger partial charge in [-0.3, -0.25) is 4.79 Å². The number of aryl methyl sites for hydroxylation is 2. The molecule has 0 aliphatic rings. The van der Waals surface area contributed by atoms with Crippen molar-refractivity contribution in [3.05, 3.63) is 97.8 Å². The van der Waals surface area contributed by atoms with Crippen LogP contribution in [0.1, 0.15) is 22.5 Å². The van der Waals surface area contributed by atoms with Gasteiger partial charge >= 0.3 is 6.18 Å². The lowest BCUT2D eigenvalue weighted by Gasteiger charge is -2.14. The van der Waals surface area contributed by atoms with E-state index in [0.29, 0.717) is 0 Å². The smallest absolute Gasteiger partial charge is 0.453 e. The Morgan fingerprint density at radius 2 is 1.58 bits per heavy atom. The van der Waals surface area contributed by atoms with E-state index in [9.17, 15) is 18.0 Å². The highest BCUT2D eigenvalue weighted by atomic mass is 79.9. The lowest BCUT2D eigenvalue weighted by molar-refractivity contribution is -0.154. The Hall–Kier alpha value is -3.26. The van der Waals surface area contributed by atoms with Gasteiger partial charge in [-0.25, -0.2) is 0 Å². The van der Waals surface area contributed by atoms with Gasteiger partial charge in [0.15, 0.2) is 0 Å². The van der Waals surface area contributed by atoms with E-state index in [4.69, 9.17) is 13.9 Å². The van der Waals surface area contributed by atoms with E-state index in [1.54, 1.807) is 26.0 Å². The third-order valence-electron chi connectivity index (χ3n) is 4.81. The summed E-state index contributed by atoms with van der Waals surface area (Å²) in [5, 5.41) is -0.0432. The summed E-state index contributed by atoms with van der Waals surface area (Å²) in [6.45, 7) is 3.76. The summed E-state index contributed by atoms with van der Waals surface area (Å²) in [6.07, 6.45) is -4.93. The predicted octanol–water partition coefficient (Wildman–Crippen LogP) is 7.56. The van der Waals surface area contributed by atoms with Crippen LogP contribution in [0.2, 0.25) is 0 Å². The number of halogens is 4. The first-order chi connectivity index (χ1) is 15.6. The predicted molar refractivity (Wildman–Crippen MR) is 122 cm³/mol. The molecule has 4 nitrogen and oxygen atoms in total. The molecule has 0 saturated carbocycles. The molecule has 170 valence electrons. The zero-order valence-corrected chi connectivity index (χ0v) is 19.2. The highest BCUT2D eigenvalue weighted by molar-refractivity contribution is 9.10. The van der Waals surface area contributed by atoms with E-state index in [2.05, 4.69) is 15.9 Å². The molecule has 4 rings (SSSR count). The number of hydrogen-bond donors (Lipinski definition) is 0. The molecular formula is C25H18BrF3O4. The minimum Gasteiger partial charge on any atom is -0.489 e. The molecule has 0 aliphatic carbocycles. The van der Waals surface area contributed by atoms with Crippen molar-refractivity contribution < 1.29 is 27.1 Å².